The molecule has 1 fully saturated rings. The van der Waals surface area contributed by atoms with Crippen molar-refractivity contribution in [1.82, 2.24) is 9.62 Å². The number of benzene rings is 1. The van der Waals surface area contributed by atoms with E-state index in [4.69, 9.17) is 0 Å². The average Bonchev–Trinajstić information content (AvgIpc) is 2.38. The van der Waals surface area contributed by atoms with Gasteiger partial charge in [0.25, 0.3) is 0 Å². The van der Waals surface area contributed by atoms with Crippen molar-refractivity contribution in [3.63, 3.8) is 0 Å². The molecule has 1 aromatic rings. The van der Waals surface area contributed by atoms with E-state index < -0.39 is 10.0 Å². The minimum Gasteiger partial charge on any atom is -0.312 e. The molecule has 0 spiro atoms. The Bertz CT molecular complexity index is 543. The largest absolute Gasteiger partial charge is 0.312 e. The van der Waals surface area contributed by atoms with Crippen molar-refractivity contribution in [2.75, 3.05) is 19.6 Å². The molecular weight excluding hydrogens is 308 g/mol. The van der Waals surface area contributed by atoms with Crippen LogP contribution in [0.2, 0.25) is 0 Å². The van der Waals surface area contributed by atoms with E-state index in [0.717, 1.165) is 6.42 Å². The van der Waals surface area contributed by atoms with Crippen LogP contribution in [0.1, 0.15) is 26.3 Å². The SMILES string of the molecule is CC(C)Cc1ccc(S(=O)(=O)N2CCN[C@@H](C)C2)cc1.Cl. The van der Waals surface area contributed by atoms with Crippen LogP contribution in [0.4, 0.5) is 0 Å². The molecule has 2 rings (SSSR count). The number of sulfonamides is 1. The van der Waals surface area contributed by atoms with Crippen LogP contribution in [0.15, 0.2) is 29.2 Å². The predicted octanol–water partition coefficient (Wildman–Crippen LogP) is 2.29. The van der Waals surface area contributed by atoms with Gasteiger partial charge in [-0.05, 0) is 37.0 Å². The predicted molar refractivity (Wildman–Crippen MR) is 88.5 cm³/mol. The maximum atomic E-state index is 12.6. The summed E-state index contributed by atoms with van der Waals surface area (Å²) < 4.78 is 26.7. The lowest BCUT2D eigenvalue weighted by Crippen LogP contribution is -2.51. The van der Waals surface area contributed by atoms with Gasteiger partial charge in [0.2, 0.25) is 10.0 Å². The number of hydrogen-bond acceptors (Lipinski definition) is 3. The molecule has 120 valence electrons. The fraction of sp³-hybridized carbons (Fsp3) is 0.600. The van der Waals surface area contributed by atoms with Gasteiger partial charge in [-0.1, -0.05) is 26.0 Å². The quantitative estimate of drug-likeness (QED) is 0.920. The first-order chi connectivity index (χ1) is 9.39. The Kier molecular flexibility index (Phi) is 6.66. The number of piperazine rings is 1. The second kappa shape index (κ2) is 7.58. The number of nitrogens with one attached hydrogen (secondary N) is 1. The first-order valence-electron chi connectivity index (χ1n) is 7.22. The van der Waals surface area contributed by atoms with Gasteiger partial charge in [-0.2, -0.15) is 4.31 Å². The van der Waals surface area contributed by atoms with Gasteiger partial charge in [0.1, 0.15) is 0 Å². The molecule has 0 aromatic heterocycles. The van der Waals surface area contributed by atoms with Gasteiger partial charge in [-0.15, -0.1) is 12.4 Å². The second-order valence-electron chi connectivity index (χ2n) is 5.96. The van der Waals surface area contributed by atoms with E-state index in [-0.39, 0.29) is 18.4 Å². The van der Waals surface area contributed by atoms with Crippen molar-refractivity contribution in [3.8, 4) is 0 Å². The van der Waals surface area contributed by atoms with E-state index in [2.05, 4.69) is 19.2 Å². The smallest absolute Gasteiger partial charge is 0.243 e. The van der Waals surface area contributed by atoms with Crippen molar-refractivity contribution in [1.29, 1.82) is 0 Å². The molecule has 0 bridgehead atoms. The van der Waals surface area contributed by atoms with Gasteiger partial charge >= 0.3 is 0 Å². The molecular formula is C15H25ClN2O2S. The van der Waals surface area contributed by atoms with Crippen molar-refractivity contribution in [2.45, 2.75) is 38.1 Å². The molecule has 21 heavy (non-hydrogen) atoms. The third kappa shape index (κ3) is 4.68. The summed E-state index contributed by atoms with van der Waals surface area (Å²) in [5.41, 5.74) is 1.19. The molecule has 1 saturated heterocycles. The number of hydrogen-bond donors (Lipinski definition) is 1. The van der Waals surface area contributed by atoms with Gasteiger partial charge in [0.05, 0.1) is 4.90 Å². The zero-order valence-corrected chi connectivity index (χ0v) is 14.5. The summed E-state index contributed by atoms with van der Waals surface area (Å²) in [6, 6.07) is 7.54. The highest BCUT2D eigenvalue weighted by Crippen LogP contribution is 2.19. The highest BCUT2D eigenvalue weighted by molar-refractivity contribution is 7.89. The van der Waals surface area contributed by atoms with E-state index in [1.165, 1.54) is 5.56 Å². The minimum absolute atomic E-state index is 0. The Labute approximate surface area is 134 Å². The first kappa shape index (κ1) is 18.4. The lowest BCUT2D eigenvalue weighted by Gasteiger charge is -2.31. The summed E-state index contributed by atoms with van der Waals surface area (Å²) in [5.74, 6) is 0.575. The van der Waals surface area contributed by atoms with Crippen LogP contribution in [0.5, 0.6) is 0 Å². The normalized spacial score (nSPS) is 20.3. The minimum atomic E-state index is -3.35. The molecule has 1 aliphatic heterocycles. The van der Waals surface area contributed by atoms with Crippen LogP contribution in [0.3, 0.4) is 0 Å². The van der Waals surface area contributed by atoms with Gasteiger partial charge in [0.15, 0.2) is 0 Å². The number of halogens is 1. The molecule has 1 heterocycles. The molecule has 4 nitrogen and oxygen atoms in total. The monoisotopic (exact) mass is 332 g/mol. The second-order valence-corrected chi connectivity index (χ2v) is 7.90. The lowest BCUT2D eigenvalue weighted by atomic mass is 10.0. The average molecular weight is 333 g/mol. The Balaban J connectivity index is 0.00000220. The lowest BCUT2D eigenvalue weighted by molar-refractivity contribution is 0.310. The first-order valence-corrected chi connectivity index (χ1v) is 8.66. The Morgan fingerprint density at radius 3 is 2.43 bits per heavy atom. The number of rotatable bonds is 4. The summed E-state index contributed by atoms with van der Waals surface area (Å²) >= 11 is 0. The highest BCUT2D eigenvalue weighted by atomic mass is 35.5. The zero-order valence-electron chi connectivity index (χ0n) is 12.9. The molecule has 1 atom stereocenters. The van der Waals surface area contributed by atoms with Crippen molar-refractivity contribution >= 4 is 22.4 Å². The maximum Gasteiger partial charge on any atom is 0.243 e. The third-order valence-electron chi connectivity index (χ3n) is 3.54. The molecule has 1 aliphatic rings. The summed E-state index contributed by atoms with van der Waals surface area (Å²) in [6.07, 6.45) is 0.977. The summed E-state index contributed by atoms with van der Waals surface area (Å²) in [7, 11) is -3.35. The van der Waals surface area contributed by atoms with E-state index in [1.54, 1.807) is 16.4 Å². The summed E-state index contributed by atoms with van der Waals surface area (Å²) in [6.45, 7) is 8.12. The van der Waals surface area contributed by atoms with E-state index in [1.807, 2.05) is 19.1 Å². The summed E-state index contributed by atoms with van der Waals surface area (Å²) in [4.78, 5) is 0.402. The molecule has 0 saturated carbocycles. The fourth-order valence-electron chi connectivity index (χ4n) is 2.53. The highest BCUT2D eigenvalue weighted by Gasteiger charge is 2.28. The molecule has 1 aromatic carbocycles. The maximum absolute atomic E-state index is 12.6. The van der Waals surface area contributed by atoms with E-state index >= 15 is 0 Å². The topological polar surface area (TPSA) is 49.4 Å². The van der Waals surface area contributed by atoms with Crippen molar-refractivity contribution < 1.29 is 8.42 Å². The van der Waals surface area contributed by atoms with Crippen molar-refractivity contribution in [3.05, 3.63) is 29.8 Å². The molecule has 0 unspecified atom stereocenters. The third-order valence-corrected chi connectivity index (χ3v) is 5.42. The molecule has 0 radical (unpaired) electrons. The number of nitrogens with zero attached hydrogens (tertiary/aromatic N) is 1. The fourth-order valence-corrected chi connectivity index (χ4v) is 4.06. The van der Waals surface area contributed by atoms with Crippen LogP contribution < -0.4 is 5.32 Å². The van der Waals surface area contributed by atoms with Gasteiger partial charge in [-0.3, -0.25) is 0 Å². The van der Waals surface area contributed by atoms with Crippen LogP contribution in [-0.2, 0) is 16.4 Å². The zero-order chi connectivity index (χ0) is 14.8. The van der Waals surface area contributed by atoms with Crippen LogP contribution in [-0.4, -0.2) is 38.4 Å². The molecule has 0 aliphatic carbocycles. The Morgan fingerprint density at radius 2 is 1.90 bits per heavy atom. The van der Waals surface area contributed by atoms with Gasteiger partial charge < -0.3 is 5.32 Å². The molecule has 1 N–H and O–H groups in total. The Morgan fingerprint density at radius 1 is 1.29 bits per heavy atom. The van der Waals surface area contributed by atoms with Gasteiger partial charge in [0, 0.05) is 25.7 Å². The van der Waals surface area contributed by atoms with Crippen molar-refractivity contribution in [2.24, 2.45) is 5.92 Å². The van der Waals surface area contributed by atoms with Crippen LogP contribution >= 0.6 is 12.4 Å². The standard InChI is InChI=1S/C15H24N2O2S.ClH/c1-12(2)10-14-4-6-15(7-5-14)20(18,19)17-9-8-16-13(3)11-17;/h4-7,12-13,16H,8-11H2,1-3H3;1H/t13-;/m0./s1. The molecule has 6 heteroatoms. The van der Waals surface area contributed by atoms with Crippen LogP contribution in [0, 0.1) is 5.92 Å². The van der Waals surface area contributed by atoms with E-state index in [0.29, 0.717) is 30.4 Å². The van der Waals surface area contributed by atoms with E-state index in [9.17, 15) is 8.42 Å². The van der Waals surface area contributed by atoms with Gasteiger partial charge in [-0.25, -0.2) is 8.42 Å². The van der Waals surface area contributed by atoms with Crippen LogP contribution in [0.25, 0.3) is 0 Å². The summed E-state index contributed by atoms with van der Waals surface area (Å²) in [5, 5.41) is 3.26. The molecule has 0 amide bonds. The Hall–Kier alpha value is -0.620.